The number of fused-ring (bicyclic) bond motifs is 1. The van der Waals surface area contributed by atoms with Crippen LogP contribution >= 0.6 is 0 Å². The minimum absolute atomic E-state index is 0.00887. The molecule has 6 rings (SSSR count). The first-order chi connectivity index (χ1) is 20.3. The number of halogens is 1. The second-order valence-electron chi connectivity index (χ2n) is 12.0. The molecule has 2 fully saturated rings. The fourth-order valence-corrected chi connectivity index (χ4v) is 6.57. The molecule has 1 N–H and O–H groups in total. The van der Waals surface area contributed by atoms with E-state index in [9.17, 15) is 9.90 Å². The fourth-order valence-electron chi connectivity index (χ4n) is 6.57. The van der Waals surface area contributed by atoms with E-state index in [4.69, 9.17) is 14.2 Å². The number of aromatic nitrogens is 1. The van der Waals surface area contributed by atoms with Crippen molar-refractivity contribution in [3.8, 4) is 22.8 Å². The van der Waals surface area contributed by atoms with E-state index < -0.39 is 17.7 Å². The average Bonchev–Trinajstić information content (AvgIpc) is 3.83. The van der Waals surface area contributed by atoms with Gasteiger partial charge in [-0.25, -0.2) is 9.37 Å². The number of hydrogen-bond donors (Lipinski definition) is 1. The Balaban J connectivity index is 1.32. The van der Waals surface area contributed by atoms with E-state index in [1.807, 2.05) is 19.1 Å². The molecule has 4 atom stereocenters. The van der Waals surface area contributed by atoms with Gasteiger partial charge in [0.25, 0.3) is 0 Å². The van der Waals surface area contributed by atoms with Crippen molar-refractivity contribution in [1.29, 1.82) is 0 Å². The van der Waals surface area contributed by atoms with Crippen molar-refractivity contribution in [2.45, 2.75) is 64.1 Å². The summed E-state index contributed by atoms with van der Waals surface area (Å²) in [5.74, 6) is 0.0174. The third-order valence-corrected chi connectivity index (χ3v) is 9.19. The number of rotatable bonds is 9. The van der Waals surface area contributed by atoms with Gasteiger partial charge in [0.05, 0.1) is 32.4 Å². The van der Waals surface area contributed by atoms with Crippen molar-refractivity contribution in [1.82, 2.24) is 9.88 Å². The minimum atomic E-state index is -0.756. The molecule has 2 aromatic carbocycles. The third kappa shape index (κ3) is 5.88. The molecule has 0 bridgehead atoms. The van der Waals surface area contributed by atoms with E-state index in [1.54, 1.807) is 6.07 Å². The number of carbonyl (C=O) groups is 1. The zero-order valence-electron chi connectivity index (χ0n) is 24.5. The largest absolute Gasteiger partial charge is 0.485 e. The summed E-state index contributed by atoms with van der Waals surface area (Å²) in [5.41, 5.74) is 5.53. The van der Waals surface area contributed by atoms with Crippen LogP contribution in [-0.2, 0) is 22.5 Å². The van der Waals surface area contributed by atoms with Crippen molar-refractivity contribution in [2.75, 3.05) is 26.9 Å². The van der Waals surface area contributed by atoms with Crippen molar-refractivity contribution in [2.24, 2.45) is 11.8 Å². The van der Waals surface area contributed by atoms with Crippen LogP contribution in [0.15, 0.2) is 48.7 Å². The Morgan fingerprint density at radius 2 is 2.00 bits per heavy atom. The van der Waals surface area contributed by atoms with Gasteiger partial charge < -0.3 is 19.3 Å². The monoisotopic (exact) mass is 574 g/mol. The lowest BCUT2D eigenvalue weighted by Crippen LogP contribution is -2.43. The molecule has 3 heterocycles. The first-order valence-electron chi connectivity index (χ1n) is 15.0. The SMILES string of the molecule is COc1cc(-c2ccc(C3CCc4ccc([C@H](C5CC5)[C@H](C)C(=O)O)cc4O3)cc2CN2CCOCC2C)c(F)cn1. The molecule has 3 aromatic rings. The molecule has 2 unspecified atom stereocenters. The number of aliphatic carboxylic acids is 1. The summed E-state index contributed by atoms with van der Waals surface area (Å²) in [7, 11) is 1.53. The summed E-state index contributed by atoms with van der Waals surface area (Å²) in [6.07, 6.45) is 4.90. The number of carboxylic acids is 1. The molecule has 7 nitrogen and oxygen atoms in total. The lowest BCUT2D eigenvalue weighted by molar-refractivity contribution is -0.142. The number of aryl methyl sites for hydroxylation is 1. The quantitative estimate of drug-likeness (QED) is 0.317. The summed E-state index contributed by atoms with van der Waals surface area (Å²) in [5, 5.41) is 9.76. The first-order valence-corrected chi connectivity index (χ1v) is 15.0. The Labute approximate surface area is 246 Å². The topological polar surface area (TPSA) is 81.1 Å². The second-order valence-corrected chi connectivity index (χ2v) is 12.0. The van der Waals surface area contributed by atoms with Crippen LogP contribution in [0.5, 0.6) is 11.6 Å². The van der Waals surface area contributed by atoms with Crippen molar-refractivity contribution >= 4 is 5.97 Å². The molecule has 3 aliphatic rings. The van der Waals surface area contributed by atoms with Crippen molar-refractivity contribution < 1.29 is 28.5 Å². The Bertz CT molecular complexity index is 1460. The number of ether oxygens (including phenoxy) is 3. The highest BCUT2D eigenvalue weighted by Crippen LogP contribution is 2.48. The molecule has 1 saturated carbocycles. The molecular weight excluding hydrogens is 535 g/mol. The zero-order chi connectivity index (χ0) is 29.4. The molecule has 222 valence electrons. The highest BCUT2D eigenvalue weighted by molar-refractivity contribution is 5.71. The van der Waals surface area contributed by atoms with Gasteiger partial charge in [-0.1, -0.05) is 37.3 Å². The van der Waals surface area contributed by atoms with Crippen LogP contribution in [0.3, 0.4) is 0 Å². The lowest BCUT2D eigenvalue weighted by atomic mass is 9.82. The Kier molecular flexibility index (Phi) is 8.19. The van der Waals surface area contributed by atoms with E-state index in [1.165, 1.54) is 13.3 Å². The highest BCUT2D eigenvalue weighted by atomic mass is 19.1. The second kappa shape index (κ2) is 12.0. The van der Waals surface area contributed by atoms with Crippen molar-refractivity contribution in [3.05, 3.63) is 76.7 Å². The van der Waals surface area contributed by atoms with Gasteiger partial charge in [0, 0.05) is 30.8 Å². The molecule has 1 saturated heterocycles. The Morgan fingerprint density at radius 1 is 1.17 bits per heavy atom. The maximum Gasteiger partial charge on any atom is 0.306 e. The van der Waals surface area contributed by atoms with Gasteiger partial charge in [0.15, 0.2) is 0 Å². The number of morpholine rings is 1. The van der Waals surface area contributed by atoms with Gasteiger partial charge in [-0.2, -0.15) is 0 Å². The maximum atomic E-state index is 15.1. The molecule has 1 aliphatic carbocycles. The lowest BCUT2D eigenvalue weighted by Gasteiger charge is -2.34. The standard InChI is InChI=1S/C34H39FN2O5/c1-20-19-41-13-12-37(20)18-26-14-24(8-10-27(26)28-16-32(40-3)36-17-29(28)35)30-11-9-22-4-7-25(15-31(22)42-30)33(23-5-6-23)21(2)34(38)39/h4,7-8,10,14-17,20-21,23,30,33H,5-6,9,11-13,18-19H2,1-3H3,(H,38,39)/t20?,21-,30?,33-/m0/s1. The summed E-state index contributed by atoms with van der Waals surface area (Å²) in [4.78, 5) is 18.3. The number of hydrogen-bond acceptors (Lipinski definition) is 6. The first kappa shape index (κ1) is 28.6. The molecular formula is C34H39FN2O5. The minimum Gasteiger partial charge on any atom is -0.485 e. The van der Waals surface area contributed by atoms with Gasteiger partial charge in [0.2, 0.25) is 5.88 Å². The van der Waals surface area contributed by atoms with Crippen LogP contribution < -0.4 is 9.47 Å². The average molecular weight is 575 g/mol. The van der Waals surface area contributed by atoms with E-state index in [2.05, 4.69) is 41.1 Å². The highest BCUT2D eigenvalue weighted by Gasteiger charge is 2.39. The number of nitrogens with zero attached hydrogens (tertiary/aromatic N) is 2. The number of benzene rings is 2. The van der Waals surface area contributed by atoms with Crippen LogP contribution in [0.1, 0.15) is 67.4 Å². The molecule has 8 heteroatoms. The molecule has 0 radical (unpaired) electrons. The van der Waals surface area contributed by atoms with Crippen LogP contribution in [0, 0.1) is 17.7 Å². The van der Waals surface area contributed by atoms with Gasteiger partial charge in [-0.05, 0) is 78.3 Å². The summed E-state index contributed by atoms with van der Waals surface area (Å²) in [6.45, 7) is 6.76. The van der Waals surface area contributed by atoms with Crippen LogP contribution in [0.25, 0.3) is 11.1 Å². The van der Waals surface area contributed by atoms with Crippen LogP contribution in [0.4, 0.5) is 4.39 Å². The zero-order valence-corrected chi connectivity index (χ0v) is 24.5. The van der Waals surface area contributed by atoms with E-state index in [0.29, 0.717) is 37.1 Å². The Morgan fingerprint density at radius 3 is 2.74 bits per heavy atom. The maximum absolute atomic E-state index is 15.1. The van der Waals surface area contributed by atoms with Gasteiger partial charge in [0.1, 0.15) is 17.7 Å². The molecule has 42 heavy (non-hydrogen) atoms. The van der Waals surface area contributed by atoms with Gasteiger partial charge >= 0.3 is 5.97 Å². The third-order valence-electron chi connectivity index (χ3n) is 9.19. The number of carboxylic acid groups (broad SMARTS) is 1. The van der Waals surface area contributed by atoms with E-state index in [0.717, 1.165) is 65.8 Å². The smallest absolute Gasteiger partial charge is 0.306 e. The van der Waals surface area contributed by atoms with Crippen molar-refractivity contribution in [3.63, 3.8) is 0 Å². The molecule has 1 aromatic heterocycles. The fraction of sp³-hybridized carbons (Fsp3) is 0.471. The number of pyridine rings is 1. The van der Waals surface area contributed by atoms with E-state index in [-0.39, 0.29) is 18.1 Å². The van der Waals surface area contributed by atoms with Gasteiger partial charge in [-0.15, -0.1) is 0 Å². The Hall–Kier alpha value is -3.49. The molecule has 0 amide bonds. The predicted molar refractivity (Wildman–Crippen MR) is 157 cm³/mol. The molecule has 2 aliphatic heterocycles. The summed E-state index contributed by atoms with van der Waals surface area (Å²) >= 11 is 0. The predicted octanol–water partition coefficient (Wildman–Crippen LogP) is 6.40. The number of methoxy groups -OCH3 is 1. The van der Waals surface area contributed by atoms with Gasteiger partial charge in [-0.3, -0.25) is 9.69 Å². The molecule has 0 spiro atoms. The van der Waals surface area contributed by atoms with Crippen LogP contribution in [0.2, 0.25) is 0 Å². The van der Waals surface area contributed by atoms with Crippen LogP contribution in [-0.4, -0.2) is 53.9 Å². The summed E-state index contributed by atoms with van der Waals surface area (Å²) in [6, 6.07) is 14.4. The summed E-state index contributed by atoms with van der Waals surface area (Å²) < 4.78 is 32.7. The van der Waals surface area contributed by atoms with E-state index >= 15 is 4.39 Å². The normalized spacial score (nSPS) is 22.1.